The van der Waals surface area contributed by atoms with E-state index in [1.165, 1.54) is 16.1 Å². The minimum Gasteiger partial charge on any atom is -0.365 e. The number of hydrogen-bond acceptors (Lipinski definition) is 2. The van der Waals surface area contributed by atoms with E-state index in [1.807, 2.05) is 36.0 Å². The van der Waals surface area contributed by atoms with Crippen molar-refractivity contribution < 1.29 is 0 Å². The standard InChI is InChI=1S/C15H16ClNS/c1-12-3-9-15(10-4-12)18-11-17(2)14-7-5-13(16)6-8-14/h3-10H,11H2,1-2H3. The molecule has 3 heteroatoms. The van der Waals surface area contributed by atoms with Crippen molar-refractivity contribution in [2.24, 2.45) is 0 Å². The summed E-state index contributed by atoms with van der Waals surface area (Å²) >= 11 is 7.71. The van der Waals surface area contributed by atoms with E-state index in [9.17, 15) is 0 Å². The third-order valence-corrected chi connectivity index (χ3v) is 4.09. The Kier molecular flexibility index (Phi) is 4.56. The molecule has 0 atom stereocenters. The van der Waals surface area contributed by atoms with Crippen molar-refractivity contribution >= 4 is 29.1 Å². The predicted octanol–water partition coefficient (Wildman–Crippen LogP) is 4.83. The third kappa shape index (κ3) is 3.69. The van der Waals surface area contributed by atoms with Gasteiger partial charge in [0.1, 0.15) is 0 Å². The fourth-order valence-electron chi connectivity index (χ4n) is 1.58. The number of rotatable bonds is 4. The van der Waals surface area contributed by atoms with E-state index in [0.29, 0.717) is 0 Å². The number of halogens is 1. The summed E-state index contributed by atoms with van der Waals surface area (Å²) < 4.78 is 0. The Morgan fingerprint density at radius 3 is 2.22 bits per heavy atom. The SMILES string of the molecule is Cc1ccc(SCN(C)c2ccc(Cl)cc2)cc1. The molecule has 0 aliphatic carbocycles. The zero-order valence-corrected chi connectivity index (χ0v) is 12.1. The van der Waals surface area contributed by atoms with Gasteiger partial charge >= 0.3 is 0 Å². The van der Waals surface area contributed by atoms with Gasteiger partial charge < -0.3 is 4.90 Å². The molecule has 0 saturated heterocycles. The van der Waals surface area contributed by atoms with Crippen LogP contribution >= 0.6 is 23.4 Å². The van der Waals surface area contributed by atoms with Gasteiger partial charge in [-0.05, 0) is 43.3 Å². The lowest BCUT2D eigenvalue weighted by atomic mass is 10.2. The molecule has 0 aromatic heterocycles. The quantitative estimate of drug-likeness (QED) is 0.581. The summed E-state index contributed by atoms with van der Waals surface area (Å²) in [7, 11) is 2.09. The van der Waals surface area contributed by atoms with Crippen LogP contribution in [-0.4, -0.2) is 12.9 Å². The molecule has 0 amide bonds. The van der Waals surface area contributed by atoms with Crippen molar-refractivity contribution in [2.75, 3.05) is 17.8 Å². The molecule has 0 spiro atoms. The Morgan fingerprint density at radius 2 is 1.61 bits per heavy atom. The number of hydrogen-bond donors (Lipinski definition) is 0. The number of anilines is 1. The van der Waals surface area contributed by atoms with Crippen LogP contribution in [0.1, 0.15) is 5.56 Å². The van der Waals surface area contributed by atoms with Crippen molar-refractivity contribution in [3.05, 3.63) is 59.1 Å². The zero-order valence-electron chi connectivity index (χ0n) is 10.6. The summed E-state index contributed by atoms with van der Waals surface area (Å²) in [6.07, 6.45) is 0. The first-order chi connectivity index (χ1) is 8.65. The molecule has 0 N–H and O–H groups in total. The number of aryl methyl sites for hydroxylation is 1. The van der Waals surface area contributed by atoms with E-state index in [2.05, 4.69) is 43.1 Å². The Balaban J connectivity index is 1.93. The van der Waals surface area contributed by atoms with E-state index >= 15 is 0 Å². The lowest BCUT2D eigenvalue weighted by Gasteiger charge is -2.18. The van der Waals surface area contributed by atoms with E-state index in [1.54, 1.807) is 0 Å². The van der Waals surface area contributed by atoms with Gasteiger partial charge in [0.25, 0.3) is 0 Å². The van der Waals surface area contributed by atoms with Gasteiger partial charge in [-0.1, -0.05) is 29.3 Å². The second kappa shape index (κ2) is 6.17. The van der Waals surface area contributed by atoms with Crippen molar-refractivity contribution in [3.63, 3.8) is 0 Å². The molecule has 2 aromatic carbocycles. The molecule has 18 heavy (non-hydrogen) atoms. The zero-order chi connectivity index (χ0) is 13.0. The normalized spacial score (nSPS) is 10.4. The molecule has 0 unspecified atom stereocenters. The van der Waals surface area contributed by atoms with E-state index in [4.69, 9.17) is 11.6 Å². The molecule has 0 heterocycles. The van der Waals surface area contributed by atoms with Gasteiger partial charge in [-0.3, -0.25) is 0 Å². The lowest BCUT2D eigenvalue weighted by Crippen LogP contribution is -2.15. The van der Waals surface area contributed by atoms with Crippen LogP contribution in [0.4, 0.5) is 5.69 Å². The van der Waals surface area contributed by atoms with Crippen LogP contribution < -0.4 is 4.90 Å². The van der Waals surface area contributed by atoms with Gasteiger partial charge in [-0.25, -0.2) is 0 Å². The topological polar surface area (TPSA) is 3.24 Å². The number of thioether (sulfide) groups is 1. The molecule has 0 saturated carbocycles. The third-order valence-electron chi connectivity index (χ3n) is 2.71. The van der Waals surface area contributed by atoms with E-state index in [0.717, 1.165) is 10.9 Å². The summed E-state index contributed by atoms with van der Waals surface area (Å²) in [5.74, 6) is 0.921. The highest BCUT2D eigenvalue weighted by Crippen LogP contribution is 2.23. The summed E-state index contributed by atoms with van der Waals surface area (Å²) in [5.41, 5.74) is 2.48. The van der Waals surface area contributed by atoms with Crippen LogP contribution in [0.2, 0.25) is 5.02 Å². The maximum absolute atomic E-state index is 5.88. The Morgan fingerprint density at radius 1 is 1.00 bits per heavy atom. The van der Waals surface area contributed by atoms with E-state index < -0.39 is 0 Å². The molecule has 94 valence electrons. The molecule has 2 rings (SSSR count). The molecular weight excluding hydrogens is 262 g/mol. The van der Waals surface area contributed by atoms with Crippen molar-refractivity contribution in [1.82, 2.24) is 0 Å². The van der Waals surface area contributed by atoms with Gasteiger partial charge in [0.05, 0.1) is 5.88 Å². The first-order valence-electron chi connectivity index (χ1n) is 5.81. The molecule has 0 aliphatic heterocycles. The maximum Gasteiger partial charge on any atom is 0.0682 e. The highest BCUT2D eigenvalue weighted by Gasteiger charge is 2.01. The molecule has 2 aromatic rings. The maximum atomic E-state index is 5.88. The lowest BCUT2D eigenvalue weighted by molar-refractivity contribution is 1.09. The molecule has 0 bridgehead atoms. The van der Waals surface area contributed by atoms with E-state index in [-0.39, 0.29) is 0 Å². The van der Waals surface area contributed by atoms with Gasteiger partial charge in [0, 0.05) is 22.7 Å². The second-order valence-electron chi connectivity index (χ2n) is 4.26. The number of nitrogens with zero attached hydrogens (tertiary/aromatic N) is 1. The summed E-state index contributed by atoms with van der Waals surface area (Å²) in [5, 5.41) is 0.776. The van der Waals surface area contributed by atoms with Crippen molar-refractivity contribution in [2.45, 2.75) is 11.8 Å². The minimum absolute atomic E-state index is 0.776. The van der Waals surface area contributed by atoms with Crippen LogP contribution in [0, 0.1) is 6.92 Å². The Labute approximate surface area is 118 Å². The van der Waals surface area contributed by atoms with Crippen LogP contribution in [0.3, 0.4) is 0 Å². The summed E-state index contributed by atoms with van der Waals surface area (Å²) in [6.45, 7) is 2.11. The molecular formula is C15H16ClNS. The number of benzene rings is 2. The average molecular weight is 278 g/mol. The van der Waals surface area contributed by atoms with Crippen molar-refractivity contribution in [3.8, 4) is 0 Å². The van der Waals surface area contributed by atoms with Crippen LogP contribution in [0.25, 0.3) is 0 Å². The summed E-state index contributed by atoms with van der Waals surface area (Å²) in [6, 6.07) is 16.5. The second-order valence-corrected chi connectivity index (χ2v) is 5.72. The molecule has 0 aliphatic rings. The van der Waals surface area contributed by atoms with Crippen LogP contribution in [0.5, 0.6) is 0 Å². The largest absolute Gasteiger partial charge is 0.365 e. The fraction of sp³-hybridized carbons (Fsp3) is 0.200. The first kappa shape index (κ1) is 13.3. The predicted molar refractivity (Wildman–Crippen MR) is 81.8 cm³/mol. The smallest absolute Gasteiger partial charge is 0.0682 e. The fourth-order valence-corrected chi connectivity index (χ4v) is 2.52. The van der Waals surface area contributed by atoms with Crippen molar-refractivity contribution in [1.29, 1.82) is 0 Å². The van der Waals surface area contributed by atoms with Gasteiger partial charge in [0.15, 0.2) is 0 Å². The summed E-state index contributed by atoms with van der Waals surface area (Å²) in [4.78, 5) is 3.50. The van der Waals surface area contributed by atoms with Gasteiger partial charge in [0.2, 0.25) is 0 Å². The minimum atomic E-state index is 0.776. The molecule has 0 fully saturated rings. The highest BCUT2D eigenvalue weighted by atomic mass is 35.5. The average Bonchev–Trinajstić information content (AvgIpc) is 2.38. The van der Waals surface area contributed by atoms with Crippen LogP contribution in [-0.2, 0) is 0 Å². The van der Waals surface area contributed by atoms with Gasteiger partial charge in [-0.15, -0.1) is 11.8 Å². The Hall–Kier alpha value is -1.12. The first-order valence-corrected chi connectivity index (χ1v) is 7.18. The van der Waals surface area contributed by atoms with Crippen LogP contribution in [0.15, 0.2) is 53.4 Å². The highest BCUT2D eigenvalue weighted by molar-refractivity contribution is 7.99. The molecule has 0 radical (unpaired) electrons. The Bertz CT molecular complexity index is 493. The van der Waals surface area contributed by atoms with Gasteiger partial charge in [-0.2, -0.15) is 0 Å². The monoisotopic (exact) mass is 277 g/mol. The molecule has 1 nitrogen and oxygen atoms in total.